The Morgan fingerprint density at radius 1 is 1.20 bits per heavy atom. The first kappa shape index (κ1) is 10.9. The summed E-state index contributed by atoms with van der Waals surface area (Å²) in [5, 5.41) is 9.01. The number of hydrazine groups is 1. The molecule has 4 heteroatoms. The fourth-order valence-electron chi connectivity index (χ4n) is 2.86. The normalized spacial score (nSPS) is 37.5. The molecular weight excluding hydrogens is 192 g/mol. The van der Waals surface area contributed by atoms with Crippen LogP contribution in [0.5, 0.6) is 0 Å². The molecule has 15 heavy (non-hydrogen) atoms. The van der Waals surface area contributed by atoms with E-state index in [0.29, 0.717) is 0 Å². The van der Waals surface area contributed by atoms with E-state index in [4.69, 9.17) is 5.11 Å². The molecule has 1 saturated carbocycles. The smallest absolute Gasteiger partial charge is 0.306 e. The van der Waals surface area contributed by atoms with Crippen molar-refractivity contribution < 1.29 is 9.90 Å². The van der Waals surface area contributed by atoms with E-state index in [1.807, 2.05) is 0 Å². The van der Waals surface area contributed by atoms with Crippen molar-refractivity contribution in [1.29, 1.82) is 0 Å². The molecule has 2 atom stereocenters. The van der Waals surface area contributed by atoms with Crippen LogP contribution in [0.25, 0.3) is 0 Å². The van der Waals surface area contributed by atoms with Gasteiger partial charge in [0.1, 0.15) is 0 Å². The zero-order valence-electron chi connectivity index (χ0n) is 9.09. The molecule has 1 aliphatic carbocycles. The number of hydrogen-bond donors (Lipinski definition) is 3. The second kappa shape index (κ2) is 4.49. The van der Waals surface area contributed by atoms with Crippen LogP contribution < -0.4 is 10.9 Å². The molecule has 1 saturated heterocycles. The van der Waals surface area contributed by atoms with Crippen molar-refractivity contribution in [1.82, 2.24) is 10.9 Å². The SMILES string of the molecule is O=C(O)C1CCCC2(CCCNN2)CC1. The van der Waals surface area contributed by atoms with Crippen LogP contribution in [0.3, 0.4) is 0 Å². The number of rotatable bonds is 1. The van der Waals surface area contributed by atoms with Gasteiger partial charge in [-0.3, -0.25) is 15.6 Å². The van der Waals surface area contributed by atoms with Gasteiger partial charge in [0.05, 0.1) is 5.92 Å². The van der Waals surface area contributed by atoms with Gasteiger partial charge in [0.25, 0.3) is 0 Å². The Morgan fingerprint density at radius 2 is 2.00 bits per heavy atom. The van der Waals surface area contributed by atoms with Gasteiger partial charge in [0, 0.05) is 12.1 Å². The maximum absolute atomic E-state index is 10.9. The molecule has 2 aliphatic rings. The highest BCUT2D eigenvalue weighted by molar-refractivity contribution is 5.69. The molecule has 2 rings (SSSR count). The Bertz CT molecular complexity index is 237. The first-order valence-corrected chi connectivity index (χ1v) is 5.95. The van der Waals surface area contributed by atoms with Crippen LogP contribution in [0.2, 0.25) is 0 Å². The van der Waals surface area contributed by atoms with E-state index in [-0.39, 0.29) is 11.5 Å². The van der Waals surface area contributed by atoms with Gasteiger partial charge in [-0.05, 0) is 38.5 Å². The van der Waals surface area contributed by atoms with E-state index >= 15 is 0 Å². The highest BCUT2D eigenvalue weighted by atomic mass is 16.4. The van der Waals surface area contributed by atoms with Gasteiger partial charge in [-0.1, -0.05) is 6.42 Å². The first-order chi connectivity index (χ1) is 7.22. The highest BCUT2D eigenvalue weighted by Crippen LogP contribution is 2.34. The van der Waals surface area contributed by atoms with Crippen molar-refractivity contribution in [2.24, 2.45) is 5.92 Å². The van der Waals surface area contributed by atoms with Gasteiger partial charge in [-0.25, -0.2) is 0 Å². The molecule has 0 amide bonds. The summed E-state index contributed by atoms with van der Waals surface area (Å²) in [7, 11) is 0. The average molecular weight is 212 g/mol. The summed E-state index contributed by atoms with van der Waals surface area (Å²) in [5.41, 5.74) is 6.79. The monoisotopic (exact) mass is 212 g/mol. The van der Waals surface area contributed by atoms with E-state index in [9.17, 15) is 4.79 Å². The molecule has 0 aromatic heterocycles. The summed E-state index contributed by atoms with van der Waals surface area (Å²) in [6, 6.07) is 0. The van der Waals surface area contributed by atoms with E-state index in [1.165, 1.54) is 12.8 Å². The maximum Gasteiger partial charge on any atom is 0.306 e. The van der Waals surface area contributed by atoms with Crippen molar-refractivity contribution in [3.8, 4) is 0 Å². The predicted molar refractivity (Wildman–Crippen MR) is 57.3 cm³/mol. The first-order valence-electron chi connectivity index (χ1n) is 5.95. The molecule has 4 nitrogen and oxygen atoms in total. The predicted octanol–water partition coefficient (Wildman–Crippen LogP) is 1.28. The Hall–Kier alpha value is -0.610. The minimum absolute atomic E-state index is 0.117. The van der Waals surface area contributed by atoms with E-state index in [2.05, 4.69) is 10.9 Å². The van der Waals surface area contributed by atoms with Gasteiger partial charge in [0.15, 0.2) is 0 Å². The molecule has 0 aromatic carbocycles. The third-order valence-corrected chi connectivity index (χ3v) is 3.84. The Kier molecular flexibility index (Phi) is 3.26. The molecule has 2 unspecified atom stereocenters. The van der Waals surface area contributed by atoms with Gasteiger partial charge in [0.2, 0.25) is 0 Å². The lowest BCUT2D eigenvalue weighted by molar-refractivity contribution is -0.142. The number of carboxylic acid groups (broad SMARTS) is 1. The van der Waals surface area contributed by atoms with Crippen molar-refractivity contribution in [3.05, 3.63) is 0 Å². The van der Waals surface area contributed by atoms with Gasteiger partial charge in [-0.15, -0.1) is 0 Å². The molecule has 0 radical (unpaired) electrons. The zero-order chi connectivity index (χ0) is 10.7. The number of hydrogen-bond acceptors (Lipinski definition) is 3. The number of nitrogens with one attached hydrogen (secondary N) is 2. The van der Waals surface area contributed by atoms with E-state index in [0.717, 1.165) is 38.6 Å². The fourth-order valence-corrected chi connectivity index (χ4v) is 2.86. The molecule has 0 bridgehead atoms. The lowest BCUT2D eigenvalue weighted by atomic mass is 9.85. The lowest BCUT2D eigenvalue weighted by Crippen LogP contribution is -2.56. The number of carboxylic acids is 1. The minimum atomic E-state index is -0.615. The summed E-state index contributed by atoms with van der Waals surface area (Å²) < 4.78 is 0. The molecule has 1 aliphatic heterocycles. The quantitative estimate of drug-likeness (QED) is 0.612. The van der Waals surface area contributed by atoms with Crippen LogP contribution in [0.15, 0.2) is 0 Å². The van der Waals surface area contributed by atoms with Gasteiger partial charge >= 0.3 is 5.97 Å². The van der Waals surface area contributed by atoms with Crippen LogP contribution >= 0.6 is 0 Å². The van der Waals surface area contributed by atoms with Crippen molar-refractivity contribution in [2.75, 3.05) is 6.54 Å². The molecular formula is C11H20N2O2. The van der Waals surface area contributed by atoms with Crippen LogP contribution in [0.1, 0.15) is 44.9 Å². The lowest BCUT2D eigenvalue weighted by Gasteiger charge is -2.38. The van der Waals surface area contributed by atoms with Crippen molar-refractivity contribution in [3.63, 3.8) is 0 Å². The largest absolute Gasteiger partial charge is 0.481 e. The highest BCUT2D eigenvalue weighted by Gasteiger charge is 2.35. The number of aliphatic carboxylic acids is 1. The topological polar surface area (TPSA) is 61.4 Å². The van der Waals surface area contributed by atoms with E-state index < -0.39 is 5.97 Å². The minimum Gasteiger partial charge on any atom is -0.481 e. The summed E-state index contributed by atoms with van der Waals surface area (Å²) in [6.07, 6.45) is 7.20. The van der Waals surface area contributed by atoms with Crippen LogP contribution in [-0.2, 0) is 4.79 Å². The molecule has 2 fully saturated rings. The fraction of sp³-hybridized carbons (Fsp3) is 0.909. The van der Waals surface area contributed by atoms with Crippen LogP contribution in [0.4, 0.5) is 0 Å². The summed E-state index contributed by atoms with van der Waals surface area (Å²) in [6.45, 7) is 1.03. The average Bonchev–Trinajstić information content (AvgIpc) is 2.43. The number of carbonyl (C=O) groups is 1. The Labute approximate surface area is 90.4 Å². The molecule has 1 spiro atoms. The molecule has 3 N–H and O–H groups in total. The van der Waals surface area contributed by atoms with Crippen LogP contribution in [0, 0.1) is 5.92 Å². The third-order valence-electron chi connectivity index (χ3n) is 3.84. The summed E-state index contributed by atoms with van der Waals surface area (Å²) in [5.74, 6) is -0.732. The molecule has 1 heterocycles. The Balaban J connectivity index is 1.96. The second-order valence-electron chi connectivity index (χ2n) is 4.90. The van der Waals surface area contributed by atoms with Crippen molar-refractivity contribution in [2.45, 2.75) is 50.5 Å². The molecule has 86 valence electrons. The Morgan fingerprint density at radius 3 is 2.67 bits per heavy atom. The van der Waals surface area contributed by atoms with Crippen LogP contribution in [-0.4, -0.2) is 23.2 Å². The molecule has 0 aromatic rings. The van der Waals surface area contributed by atoms with Crippen molar-refractivity contribution >= 4 is 5.97 Å². The van der Waals surface area contributed by atoms with Gasteiger partial charge < -0.3 is 5.11 Å². The zero-order valence-corrected chi connectivity index (χ0v) is 9.09. The second-order valence-corrected chi connectivity index (χ2v) is 4.90. The summed E-state index contributed by atoms with van der Waals surface area (Å²) in [4.78, 5) is 10.9. The van der Waals surface area contributed by atoms with Gasteiger partial charge in [-0.2, -0.15) is 0 Å². The summed E-state index contributed by atoms with van der Waals surface area (Å²) >= 11 is 0. The standard InChI is InChI=1S/C11H20N2O2/c14-10(15)9-3-1-5-11(7-4-9)6-2-8-12-13-11/h9,12-13H,1-8H2,(H,14,15). The maximum atomic E-state index is 10.9. The van der Waals surface area contributed by atoms with E-state index in [1.54, 1.807) is 0 Å². The third kappa shape index (κ3) is 2.49.